The zero-order chi connectivity index (χ0) is 21.8. The van der Waals surface area contributed by atoms with E-state index in [-0.39, 0.29) is 35.5 Å². The van der Waals surface area contributed by atoms with Crippen molar-refractivity contribution in [3.8, 4) is 0 Å². The van der Waals surface area contributed by atoms with Crippen LogP contribution < -0.4 is 10.6 Å². The fourth-order valence-corrected chi connectivity index (χ4v) is 6.09. The second-order valence-electron chi connectivity index (χ2n) is 9.73. The Kier molecular flexibility index (Phi) is 7.31. The lowest BCUT2D eigenvalue weighted by Gasteiger charge is -2.31. The Bertz CT molecular complexity index is 685. The molecule has 3 fully saturated rings. The second kappa shape index (κ2) is 10.2. The number of guanidine groups is 1. The molecule has 31 heavy (non-hydrogen) atoms. The fraction of sp³-hybridized carbons (Fsp3) is 0.792. The maximum Gasteiger partial charge on any atom is 0.233 e. The number of nitrogens with zero attached hydrogens (tertiary/aromatic N) is 3. The van der Waals surface area contributed by atoms with E-state index in [2.05, 4.69) is 39.7 Å². The van der Waals surface area contributed by atoms with Crippen molar-refractivity contribution in [3.05, 3.63) is 12.2 Å². The van der Waals surface area contributed by atoms with E-state index in [1.807, 2.05) is 0 Å². The molecule has 4 aliphatic rings. The third-order valence-corrected chi connectivity index (χ3v) is 7.81. The van der Waals surface area contributed by atoms with Crippen molar-refractivity contribution in [1.29, 1.82) is 0 Å². The first-order valence-corrected chi connectivity index (χ1v) is 12.3. The summed E-state index contributed by atoms with van der Waals surface area (Å²) in [6, 6.07) is 0.757. The molecule has 0 radical (unpaired) electrons. The number of hydrogen-bond donors (Lipinski definition) is 2. The smallest absolute Gasteiger partial charge is 0.233 e. The van der Waals surface area contributed by atoms with Gasteiger partial charge in [-0.15, -0.1) is 0 Å². The van der Waals surface area contributed by atoms with Crippen LogP contribution in [0.4, 0.5) is 0 Å². The minimum atomic E-state index is -0.0865. The van der Waals surface area contributed by atoms with Crippen molar-refractivity contribution in [2.24, 2.45) is 28.7 Å². The Morgan fingerprint density at radius 3 is 2.26 bits per heavy atom. The maximum atomic E-state index is 12.7. The van der Waals surface area contributed by atoms with Gasteiger partial charge in [-0.2, -0.15) is 0 Å². The third kappa shape index (κ3) is 4.81. The Morgan fingerprint density at radius 1 is 1.03 bits per heavy atom. The molecule has 0 aromatic rings. The SMILES string of the molecule is CN=C(NCCCN1C(=O)C2C3C=CC(C3)C2C1=O)NCCCN(C)C1CCCCC1. The van der Waals surface area contributed by atoms with Gasteiger partial charge in [0.1, 0.15) is 0 Å². The summed E-state index contributed by atoms with van der Waals surface area (Å²) in [6.45, 7) is 3.19. The topological polar surface area (TPSA) is 77.0 Å². The fourth-order valence-electron chi connectivity index (χ4n) is 6.09. The molecule has 0 aromatic carbocycles. The average Bonchev–Trinajstić information content (AvgIpc) is 3.48. The van der Waals surface area contributed by atoms with Gasteiger partial charge in [0.2, 0.25) is 11.8 Å². The van der Waals surface area contributed by atoms with Crippen molar-refractivity contribution in [2.75, 3.05) is 40.3 Å². The summed E-state index contributed by atoms with van der Waals surface area (Å²) in [7, 11) is 4.03. The molecule has 2 saturated carbocycles. The Morgan fingerprint density at radius 2 is 1.65 bits per heavy atom. The molecular weight excluding hydrogens is 390 g/mol. The number of nitrogens with one attached hydrogen (secondary N) is 2. The Labute approximate surface area is 186 Å². The van der Waals surface area contributed by atoms with Crippen LogP contribution in [0, 0.1) is 23.7 Å². The molecule has 1 heterocycles. The number of allylic oxidation sites excluding steroid dienone is 2. The molecule has 0 aromatic heterocycles. The van der Waals surface area contributed by atoms with Crippen LogP contribution in [0.5, 0.6) is 0 Å². The summed E-state index contributed by atoms with van der Waals surface area (Å²) in [5, 5.41) is 6.70. The van der Waals surface area contributed by atoms with Gasteiger partial charge in [0.05, 0.1) is 11.8 Å². The number of rotatable bonds is 9. The Hall–Kier alpha value is -1.89. The molecule has 1 saturated heterocycles. The van der Waals surface area contributed by atoms with Gasteiger partial charge < -0.3 is 15.5 Å². The van der Waals surface area contributed by atoms with E-state index in [1.165, 1.54) is 37.0 Å². The van der Waals surface area contributed by atoms with Gasteiger partial charge in [0.25, 0.3) is 0 Å². The summed E-state index contributed by atoms with van der Waals surface area (Å²) in [6.07, 6.45) is 13.9. The molecule has 2 amide bonds. The molecule has 4 atom stereocenters. The van der Waals surface area contributed by atoms with Crippen LogP contribution in [-0.4, -0.2) is 73.9 Å². The molecule has 4 rings (SSSR count). The number of hydrogen-bond acceptors (Lipinski definition) is 4. The lowest BCUT2D eigenvalue weighted by molar-refractivity contribution is -0.140. The average molecular weight is 430 g/mol. The van der Waals surface area contributed by atoms with Gasteiger partial charge in [-0.1, -0.05) is 31.4 Å². The van der Waals surface area contributed by atoms with Gasteiger partial charge >= 0.3 is 0 Å². The van der Waals surface area contributed by atoms with Gasteiger partial charge in [0.15, 0.2) is 5.96 Å². The van der Waals surface area contributed by atoms with Crippen molar-refractivity contribution >= 4 is 17.8 Å². The molecule has 172 valence electrons. The highest BCUT2D eigenvalue weighted by molar-refractivity contribution is 6.06. The van der Waals surface area contributed by atoms with Crippen molar-refractivity contribution < 1.29 is 9.59 Å². The minimum absolute atomic E-state index is 0.0523. The molecule has 3 aliphatic carbocycles. The molecule has 2 N–H and O–H groups in total. The van der Waals surface area contributed by atoms with Gasteiger partial charge in [-0.25, -0.2) is 0 Å². The quantitative estimate of drug-likeness (QED) is 0.193. The van der Waals surface area contributed by atoms with Crippen LogP contribution >= 0.6 is 0 Å². The standard InChI is InChI=1S/C24H39N5O2/c1-25-24(26-12-6-14-28(2)19-8-4-3-5-9-19)27-13-7-15-29-22(30)20-17-10-11-18(16-17)21(20)23(29)31/h10-11,17-21H,3-9,12-16H2,1-2H3,(H2,25,26,27). The van der Waals surface area contributed by atoms with E-state index in [4.69, 9.17) is 0 Å². The molecule has 7 nitrogen and oxygen atoms in total. The number of imide groups is 1. The van der Waals surface area contributed by atoms with Gasteiger partial charge in [-0.3, -0.25) is 19.5 Å². The highest BCUT2D eigenvalue weighted by Gasteiger charge is 2.58. The third-order valence-electron chi connectivity index (χ3n) is 7.81. The largest absolute Gasteiger partial charge is 0.356 e. The first-order chi connectivity index (χ1) is 15.1. The summed E-state index contributed by atoms with van der Waals surface area (Å²) in [5.41, 5.74) is 0. The summed E-state index contributed by atoms with van der Waals surface area (Å²) < 4.78 is 0. The van der Waals surface area contributed by atoms with Crippen LogP contribution in [0.2, 0.25) is 0 Å². The predicted molar refractivity (Wildman–Crippen MR) is 123 cm³/mol. The minimum Gasteiger partial charge on any atom is -0.356 e. The highest BCUT2D eigenvalue weighted by atomic mass is 16.2. The van der Waals surface area contributed by atoms with E-state index in [9.17, 15) is 9.59 Å². The summed E-state index contributed by atoms with van der Waals surface area (Å²) >= 11 is 0. The molecule has 4 unspecified atom stereocenters. The molecular formula is C24H39N5O2. The lowest BCUT2D eigenvalue weighted by Crippen LogP contribution is -2.41. The van der Waals surface area contributed by atoms with Crippen LogP contribution in [0.25, 0.3) is 0 Å². The number of amides is 2. The van der Waals surface area contributed by atoms with Crippen LogP contribution in [0.3, 0.4) is 0 Å². The first-order valence-electron chi connectivity index (χ1n) is 12.3. The number of carbonyl (C=O) groups is 2. The molecule has 7 heteroatoms. The molecule has 0 spiro atoms. The van der Waals surface area contributed by atoms with Gasteiger partial charge in [0, 0.05) is 32.7 Å². The number of carbonyl (C=O) groups excluding carboxylic acids is 2. The second-order valence-corrected chi connectivity index (χ2v) is 9.73. The summed E-state index contributed by atoms with van der Waals surface area (Å²) in [4.78, 5) is 33.8. The normalized spacial score (nSPS) is 30.5. The van der Waals surface area contributed by atoms with Crippen molar-refractivity contribution in [2.45, 2.75) is 57.4 Å². The Balaban J connectivity index is 1.10. The summed E-state index contributed by atoms with van der Waals surface area (Å²) in [5.74, 6) is 1.30. The first kappa shape index (κ1) is 22.3. The highest BCUT2D eigenvalue weighted by Crippen LogP contribution is 2.52. The van der Waals surface area contributed by atoms with Crippen LogP contribution in [0.15, 0.2) is 17.1 Å². The van der Waals surface area contributed by atoms with Crippen LogP contribution in [-0.2, 0) is 9.59 Å². The zero-order valence-electron chi connectivity index (χ0n) is 19.2. The lowest BCUT2D eigenvalue weighted by atomic mass is 9.85. The number of aliphatic imine (C=N–C) groups is 1. The predicted octanol–water partition coefficient (Wildman–Crippen LogP) is 2.00. The van der Waals surface area contributed by atoms with E-state index in [1.54, 1.807) is 7.05 Å². The van der Waals surface area contributed by atoms with E-state index < -0.39 is 0 Å². The zero-order valence-corrected chi connectivity index (χ0v) is 19.2. The molecule has 1 aliphatic heterocycles. The van der Waals surface area contributed by atoms with Gasteiger partial charge in [-0.05, 0) is 57.5 Å². The monoisotopic (exact) mass is 429 g/mol. The number of fused-ring (bicyclic) bond motifs is 5. The maximum absolute atomic E-state index is 12.7. The van der Waals surface area contributed by atoms with E-state index >= 15 is 0 Å². The van der Waals surface area contributed by atoms with E-state index in [0.29, 0.717) is 13.1 Å². The van der Waals surface area contributed by atoms with Crippen molar-refractivity contribution in [1.82, 2.24) is 20.4 Å². The van der Waals surface area contributed by atoms with Crippen LogP contribution in [0.1, 0.15) is 51.4 Å². The van der Waals surface area contributed by atoms with E-state index in [0.717, 1.165) is 44.4 Å². The molecule has 2 bridgehead atoms. The number of likely N-dealkylation sites (tertiary alicyclic amines) is 1. The van der Waals surface area contributed by atoms with Crippen molar-refractivity contribution in [3.63, 3.8) is 0 Å².